The van der Waals surface area contributed by atoms with Crippen LogP contribution >= 0.6 is 11.3 Å². The van der Waals surface area contributed by atoms with Crippen LogP contribution in [-0.4, -0.2) is 16.5 Å². The number of rotatable bonds is 4. The second kappa shape index (κ2) is 5.14. The van der Waals surface area contributed by atoms with Crippen LogP contribution in [0.3, 0.4) is 0 Å². The molecular weight excluding hydrogens is 225 g/mol. The molecule has 0 amide bonds. The lowest BCUT2D eigenvalue weighted by atomic mass is 10.3. The van der Waals surface area contributed by atoms with Gasteiger partial charge in [-0.3, -0.25) is 4.98 Å². The van der Waals surface area contributed by atoms with Crippen LogP contribution in [0.2, 0.25) is 0 Å². The molecule has 0 saturated heterocycles. The summed E-state index contributed by atoms with van der Waals surface area (Å²) in [5.41, 5.74) is 0.516. The van der Waals surface area contributed by atoms with Gasteiger partial charge in [0.2, 0.25) is 0 Å². The maximum Gasteiger partial charge on any atom is 0.151 e. The first-order chi connectivity index (χ1) is 7.81. The van der Waals surface area contributed by atoms with Crippen LogP contribution in [0.25, 0.3) is 10.6 Å². The van der Waals surface area contributed by atoms with Crippen molar-refractivity contribution in [3.8, 4) is 10.6 Å². The van der Waals surface area contributed by atoms with E-state index in [0.717, 1.165) is 18.0 Å². The minimum absolute atomic E-state index is 0.327. The van der Waals surface area contributed by atoms with Crippen LogP contribution in [-0.2, 0) is 6.54 Å². The van der Waals surface area contributed by atoms with E-state index in [1.54, 1.807) is 18.5 Å². The fraction of sp³-hybridized carbons (Fsp3) is 0.273. The lowest BCUT2D eigenvalue weighted by molar-refractivity contribution is 0.625. The van der Waals surface area contributed by atoms with Crippen molar-refractivity contribution in [1.82, 2.24) is 15.3 Å². The molecule has 0 aromatic carbocycles. The van der Waals surface area contributed by atoms with Gasteiger partial charge in [0, 0.05) is 29.4 Å². The first-order valence-corrected chi connectivity index (χ1v) is 5.88. The van der Waals surface area contributed by atoms with Crippen molar-refractivity contribution in [1.29, 1.82) is 0 Å². The third kappa shape index (κ3) is 2.43. The number of hydrogen-bond acceptors (Lipinski definition) is 4. The highest BCUT2D eigenvalue weighted by atomic mass is 32.1. The number of nitrogens with one attached hydrogen (secondary N) is 1. The highest BCUT2D eigenvalue weighted by molar-refractivity contribution is 7.15. The standard InChI is InChI=1S/C11H12FN3S/c1-2-13-5-8-6-15-11(16-8)9-3-4-14-7-10(9)12/h3-4,6-7,13H,2,5H2,1H3. The smallest absolute Gasteiger partial charge is 0.151 e. The average molecular weight is 237 g/mol. The summed E-state index contributed by atoms with van der Waals surface area (Å²) < 4.78 is 13.4. The Balaban J connectivity index is 2.22. The summed E-state index contributed by atoms with van der Waals surface area (Å²) >= 11 is 1.50. The summed E-state index contributed by atoms with van der Waals surface area (Å²) in [7, 11) is 0. The molecule has 0 bridgehead atoms. The summed E-state index contributed by atoms with van der Waals surface area (Å²) in [6, 6.07) is 1.64. The molecule has 5 heteroatoms. The number of aromatic nitrogens is 2. The maximum atomic E-state index is 13.4. The lowest BCUT2D eigenvalue weighted by Gasteiger charge is -1.97. The van der Waals surface area contributed by atoms with Gasteiger partial charge >= 0.3 is 0 Å². The molecule has 0 aliphatic heterocycles. The zero-order chi connectivity index (χ0) is 11.4. The minimum Gasteiger partial charge on any atom is -0.312 e. The summed E-state index contributed by atoms with van der Waals surface area (Å²) in [6.07, 6.45) is 4.56. The number of halogens is 1. The Bertz CT molecular complexity index is 470. The van der Waals surface area contributed by atoms with E-state index in [0.29, 0.717) is 10.6 Å². The quantitative estimate of drug-likeness (QED) is 0.887. The predicted molar refractivity (Wildman–Crippen MR) is 62.7 cm³/mol. The molecular formula is C11H12FN3S. The van der Waals surface area contributed by atoms with Crippen LogP contribution in [0.5, 0.6) is 0 Å². The van der Waals surface area contributed by atoms with E-state index in [1.807, 2.05) is 6.92 Å². The Morgan fingerprint density at radius 3 is 3.06 bits per heavy atom. The molecule has 3 nitrogen and oxygen atoms in total. The Labute approximate surface area is 97.4 Å². The molecule has 2 aromatic heterocycles. The SMILES string of the molecule is CCNCc1cnc(-c2ccncc2F)s1. The van der Waals surface area contributed by atoms with Crippen molar-refractivity contribution < 1.29 is 4.39 Å². The van der Waals surface area contributed by atoms with E-state index in [9.17, 15) is 4.39 Å². The van der Waals surface area contributed by atoms with Crippen LogP contribution in [0.1, 0.15) is 11.8 Å². The van der Waals surface area contributed by atoms with E-state index in [4.69, 9.17) is 0 Å². The zero-order valence-electron chi connectivity index (χ0n) is 8.90. The highest BCUT2D eigenvalue weighted by Gasteiger charge is 2.08. The minimum atomic E-state index is -0.327. The zero-order valence-corrected chi connectivity index (χ0v) is 9.72. The largest absolute Gasteiger partial charge is 0.312 e. The average Bonchev–Trinajstić information content (AvgIpc) is 2.75. The van der Waals surface area contributed by atoms with E-state index in [2.05, 4.69) is 15.3 Å². The van der Waals surface area contributed by atoms with Crippen LogP contribution < -0.4 is 5.32 Å². The molecule has 0 saturated carbocycles. The highest BCUT2D eigenvalue weighted by Crippen LogP contribution is 2.26. The molecule has 2 aromatic rings. The molecule has 0 spiro atoms. The number of hydrogen-bond donors (Lipinski definition) is 1. The summed E-state index contributed by atoms with van der Waals surface area (Å²) in [6.45, 7) is 3.74. The fourth-order valence-corrected chi connectivity index (χ4v) is 2.22. The predicted octanol–water partition coefficient (Wildman–Crippen LogP) is 2.45. The molecule has 0 radical (unpaired) electrons. The van der Waals surface area contributed by atoms with E-state index in [-0.39, 0.29) is 5.82 Å². The first kappa shape index (κ1) is 11.2. The summed E-state index contributed by atoms with van der Waals surface area (Å²) in [5.74, 6) is -0.327. The van der Waals surface area contributed by atoms with Gasteiger partial charge in [0.15, 0.2) is 5.82 Å². The van der Waals surface area contributed by atoms with Gasteiger partial charge < -0.3 is 5.32 Å². The second-order valence-corrected chi connectivity index (χ2v) is 4.38. The maximum absolute atomic E-state index is 13.4. The normalized spacial score (nSPS) is 10.6. The molecule has 84 valence electrons. The van der Waals surface area contributed by atoms with Gasteiger partial charge in [-0.1, -0.05) is 6.92 Å². The van der Waals surface area contributed by atoms with Gasteiger partial charge in [0.1, 0.15) is 5.01 Å². The van der Waals surface area contributed by atoms with Crippen molar-refractivity contribution in [2.75, 3.05) is 6.54 Å². The molecule has 2 heterocycles. The molecule has 2 rings (SSSR count). The van der Waals surface area contributed by atoms with Crippen LogP contribution in [0, 0.1) is 5.82 Å². The molecule has 1 N–H and O–H groups in total. The fourth-order valence-electron chi connectivity index (χ4n) is 1.31. The topological polar surface area (TPSA) is 37.8 Å². The Morgan fingerprint density at radius 1 is 1.44 bits per heavy atom. The van der Waals surface area contributed by atoms with Crippen LogP contribution in [0.15, 0.2) is 24.7 Å². The second-order valence-electron chi connectivity index (χ2n) is 3.27. The molecule has 0 aliphatic carbocycles. The van der Waals surface area contributed by atoms with Crippen molar-refractivity contribution in [2.24, 2.45) is 0 Å². The number of thiazole rings is 1. The number of nitrogens with zero attached hydrogens (tertiary/aromatic N) is 2. The molecule has 0 unspecified atom stereocenters. The Morgan fingerprint density at radius 2 is 2.31 bits per heavy atom. The summed E-state index contributed by atoms with van der Waals surface area (Å²) in [5, 5.41) is 3.91. The Kier molecular flexibility index (Phi) is 3.58. The molecule has 16 heavy (non-hydrogen) atoms. The van der Waals surface area contributed by atoms with Crippen molar-refractivity contribution in [3.05, 3.63) is 35.4 Å². The molecule has 0 atom stereocenters. The summed E-state index contributed by atoms with van der Waals surface area (Å²) in [4.78, 5) is 9.03. The molecule has 0 aliphatic rings. The molecule has 0 fully saturated rings. The van der Waals surface area contributed by atoms with Gasteiger partial charge in [-0.25, -0.2) is 9.37 Å². The van der Waals surface area contributed by atoms with E-state index < -0.39 is 0 Å². The van der Waals surface area contributed by atoms with Crippen molar-refractivity contribution in [3.63, 3.8) is 0 Å². The van der Waals surface area contributed by atoms with Crippen molar-refractivity contribution in [2.45, 2.75) is 13.5 Å². The monoisotopic (exact) mass is 237 g/mol. The lowest BCUT2D eigenvalue weighted by Crippen LogP contribution is -2.10. The van der Waals surface area contributed by atoms with Gasteiger partial charge in [0.25, 0.3) is 0 Å². The van der Waals surface area contributed by atoms with Gasteiger partial charge in [-0.05, 0) is 12.6 Å². The first-order valence-electron chi connectivity index (χ1n) is 5.06. The van der Waals surface area contributed by atoms with Gasteiger partial charge in [0.05, 0.1) is 6.20 Å². The van der Waals surface area contributed by atoms with Crippen LogP contribution in [0.4, 0.5) is 4.39 Å². The van der Waals surface area contributed by atoms with E-state index in [1.165, 1.54) is 17.5 Å². The third-order valence-corrected chi connectivity index (χ3v) is 3.14. The van der Waals surface area contributed by atoms with Gasteiger partial charge in [-0.15, -0.1) is 11.3 Å². The Hall–Kier alpha value is -1.33. The number of pyridine rings is 1. The van der Waals surface area contributed by atoms with E-state index >= 15 is 0 Å². The third-order valence-electron chi connectivity index (χ3n) is 2.11. The van der Waals surface area contributed by atoms with Crippen molar-refractivity contribution >= 4 is 11.3 Å². The van der Waals surface area contributed by atoms with Gasteiger partial charge in [-0.2, -0.15) is 0 Å².